The Kier molecular flexibility index (Phi) is 5.26. The minimum atomic E-state index is -1.16. The molecule has 0 fully saturated rings. The quantitative estimate of drug-likeness (QED) is 0.667. The van der Waals surface area contributed by atoms with Crippen molar-refractivity contribution in [1.82, 2.24) is 9.13 Å². The third-order valence-electron chi connectivity index (χ3n) is 4.35. The van der Waals surface area contributed by atoms with Crippen LogP contribution in [0.4, 0.5) is 14.5 Å². The molecule has 0 aliphatic rings. The van der Waals surface area contributed by atoms with Crippen LogP contribution in [-0.4, -0.2) is 20.9 Å². The number of nitrogens with zero attached hydrogens (tertiary/aromatic N) is 2. The number of primary amides is 1. The van der Waals surface area contributed by atoms with E-state index in [9.17, 15) is 28.0 Å². The Labute approximate surface area is 162 Å². The maximum Gasteiger partial charge on any atom is 0.331 e. The topological polar surface area (TPSA) is 116 Å². The van der Waals surface area contributed by atoms with Crippen molar-refractivity contribution in [3.63, 3.8) is 0 Å². The molecule has 0 saturated heterocycles. The summed E-state index contributed by atoms with van der Waals surface area (Å²) in [5, 5.41) is 2.43. The lowest BCUT2D eigenvalue weighted by Crippen LogP contribution is -2.41. The Morgan fingerprint density at radius 2 is 1.76 bits per heavy atom. The van der Waals surface area contributed by atoms with E-state index in [2.05, 4.69) is 5.32 Å². The molecule has 0 bridgehead atoms. The van der Waals surface area contributed by atoms with Crippen LogP contribution in [0, 0.1) is 11.6 Å². The van der Waals surface area contributed by atoms with Crippen LogP contribution >= 0.6 is 0 Å². The van der Waals surface area contributed by atoms with Gasteiger partial charge in [0.15, 0.2) is 0 Å². The van der Waals surface area contributed by atoms with E-state index < -0.39 is 52.5 Å². The zero-order valence-electron chi connectivity index (χ0n) is 15.2. The molecule has 3 rings (SSSR count). The van der Waals surface area contributed by atoms with E-state index in [1.54, 1.807) is 19.1 Å². The fourth-order valence-corrected chi connectivity index (χ4v) is 2.97. The van der Waals surface area contributed by atoms with Crippen LogP contribution in [0.15, 0.2) is 46.0 Å². The number of benzene rings is 2. The number of hydrogen-bond donors (Lipinski definition) is 2. The molecular weight excluding hydrogens is 386 g/mol. The number of rotatable bonds is 5. The molecule has 10 heteroatoms. The molecule has 150 valence electrons. The summed E-state index contributed by atoms with van der Waals surface area (Å²) in [4.78, 5) is 48.7. The van der Waals surface area contributed by atoms with Crippen molar-refractivity contribution in [2.75, 3.05) is 5.32 Å². The normalized spacial score (nSPS) is 10.9. The van der Waals surface area contributed by atoms with Gasteiger partial charge in [-0.1, -0.05) is 12.1 Å². The minimum absolute atomic E-state index is 0.0959. The Balaban J connectivity index is 2.02. The van der Waals surface area contributed by atoms with E-state index in [0.717, 1.165) is 15.2 Å². The van der Waals surface area contributed by atoms with Gasteiger partial charge >= 0.3 is 5.69 Å². The minimum Gasteiger partial charge on any atom is -0.366 e. The Morgan fingerprint density at radius 3 is 2.41 bits per heavy atom. The van der Waals surface area contributed by atoms with Crippen molar-refractivity contribution in [1.29, 1.82) is 0 Å². The molecular formula is C19H16F2N4O4. The molecule has 0 aliphatic carbocycles. The number of hydrogen-bond acceptors (Lipinski definition) is 4. The molecule has 3 aromatic rings. The van der Waals surface area contributed by atoms with Crippen molar-refractivity contribution in [2.45, 2.75) is 20.0 Å². The molecule has 3 N–H and O–H groups in total. The number of anilines is 1. The maximum atomic E-state index is 14.0. The van der Waals surface area contributed by atoms with Crippen molar-refractivity contribution in [3.05, 3.63) is 74.4 Å². The molecule has 0 unspecified atom stereocenters. The highest BCUT2D eigenvalue weighted by Crippen LogP contribution is 2.19. The SMILES string of the molecule is CCn1c(=O)c2ccccc2n(CC(=O)Nc2cc(C(N)=O)c(F)cc2F)c1=O. The van der Waals surface area contributed by atoms with Gasteiger partial charge in [0.25, 0.3) is 11.5 Å². The molecule has 29 heavy (non-hydrogen) atoms. The molecule has 0 aliphatic heterocycles. The van der Waals surface area contributed by atoms with E-state index >= 15 is 0 Å². The molecule has 0 spiro atoms. The fraction of sp³-hybridized carbons (Fsp3) is 0.158. The first-order chi connectivity index (χ1) is 13.7. The van der Waals surface area contributed by atoms with Gasteiger partial charge in [-0.25, -0.2) is 13.6 Å². The van der Waals surface area contributed by atoms with Crippen LogP contribution in [0.25, 0.3) is 10.9 Å². The first kappa shape index (κ1) is 19.9. The highest BCUT2D eigenvalue weighted by Gasteiger charge is 2.18. The second kappa shape index (κ2) is 7.66. The highest BCUT2D eigenvalue weighted by molar-refractivity contribution is 5.96. The molecule has 1 heterocycles. The van der Waals surface area contributed by atoms with E-state index in [1.807, 2.05) is 0 Å². The zero-order valence-corrected chi connectivity index (χ0v) is 15.2. The van der Waals surface area contributed by atoms with Gasteiger partial charge < -0.3 is 11.1 Å². The van der Waals surface area contributed by atoms with Gasteiger partial charge in [0.05, 0.1) is 22.2 Å². The first-order valence-corrected chi connectivity index (χ1v) is 8.55. The van der Waals surface area contributed by atoms with Crippen LogP contribution in [0.2, 0.25) is 0 Å². The average Bonchev–Trinajstić information content (AvgIpc) is 2.67. The molecule has 2 aromatic carbocycles. The smallest absolute Gasteiger partial charge is 0.331 e. The van der Waals surface area contributed by atoms with Crippen molar-refractivity contribution in [3.8, 4) is 0 Å². The Hall–Kier alpha value is -3.82. The lowest BCUT2D eigenvalue weighted by Gasteiger charge is -2.14. The fourth-order valence-electron chi connectivity index (χ4n) is 2.97. The number of aromatic nitrogens is 2. The van der Waals surface area contributed by atoms with E-state index in [4.69, 9.17) is 5.73 Å². The Bertz CT molecular complexity index is 1260. The van der Waals surface area contributed by atoms with Crippen molar-refractivity contribution < 1.29 is 18.4 Å². The van der Waals surface area contributed by atoms with Crippen LogP contribution in [-0.2, 0) is 17.9 Å². The summed E-state index contributed by atoms with van der Waals surface area (Å²) in [5.41, 5.74) is 3.01. The van der Waals surface area contributed by atoms with Gasteiger partial charge in [0.2, 0.25) is 5.91 Å². The van der Waals surface area contributed by atoms with E-state index in [0.29, 0.717) is 6.07 Å². The van der Waals surface area contributed by atoms with Crippen LogP contribution in [0.1, 0.15) is 17.3 Å². The standard InChI is InChI=1S/C19H16F2N4O4/c1-2-24-18(28)10-5-3-4-6-15(10)25(19(24)29)9-16(26)23-14-7-11(17(22)27)12(20)8-13(14)21/h3-8H,2,9H2,1H3,(H2,22,27)(H,23,26). The van der Waals surface area contributed by atoms with E-state index in [-0.39, 0.29) is 17.4 Å². The number of nitrogens with one attached hydrogen (secondary N) is 1. The van der Waals surface area contributed by atoms with Gasteiger partial charge in [-0.2, -0.15) is 0 Å². The Morgan fingerprint density at radius 1 is 1.07 bits per heavy atom. The molecule has 2 amide bonds. The molecule has 1 aromatic heterocycles. The van der Waals surface area contributed by atoms with E-state index in [1.165, 1.54) is 12.1 Å². The largest absolute Gasteiger partial charge is 0.366 e. The number of halogens is 2. The third kappa shape index (κ3) is 3.64. The average molecular weight is 402 g/mol. The monoisotopic (exact) mass is 402 g/mol. The third-order valence-corrected chi connectivity index (χ3v) is 4.35. The summed E-state index contributed by atoms with van der Waals surface area (Å²) in [6.07, 6.45) is 0. The summed E-state index contributed by atoms with van der Waals surface area (Å²) < 4.78 is 29.6. The summed E-state index contributed by atoms with van der Waals surface area (Å²) >= 11 is 0. The van der Waals surface area contributed by atoms with Gasteiger partial charge in [-0.3, -0.25) is 23.5 Å². The maximum absolute atomic E-state index is 14.0. The summed E-state index contributed by atoms with van der Waals surface area (Å²) in [6.45, 7) is 1.17. The van der Waals surface area contributed by atoms with Gasteiger partial charge in [0, 0.05) is 12.6 Å². The predicted molar refractivity (Wildman–Crippen MR) is 102 cm³/mol. The molecule has 0 radical (unpaired) electrons. The second-order valence-corrected chi connectivity index (χ2v) is 6.16. The number of fused-ring (bicyclic) bond motifs is 1. The molecule has 8 nitrogen and oxygen atoms in total. The molecule has 0 atom stereocenters. The number of amides is 2. The number of para-hydroxylation sites is 1. The summed E-state index contributed by atoms with van der Waals surface area (Å²) in [7, 11) is 0. The van der Waals surface area contributed by atoms with Crippen LogP contribution in [0.3, 0.4) is 0 Å². The van der Waals surface area contributed by atoms with Gasteiger partial charge in [-0.15, -0.1) is 0 Å². The van der Waals surface area contributed by atoms with Crippen molar-refractivity contribution >= 4 is 28.4 Å². The summed E-state index contributed by atoms with van der Waals surface area (Å²) in [5.74, 6) is -4.23. The first-order valence-electron chi connectivity index (χ1n) is 8.55. The number of nitrogens with two attached hydrogens (primary N) is 1. The lowest BCUT2D eigenvalue weighted by atomic mass is 10.1. The van der Waals surface area contributed by atoms with Crippen LogP contribution < -0.4 is 22.3 Å². The van der Waals surface area contributed by atoms with Crippen molar-refractivity contribution in [2.24, 2.45) is 5.73 Å². The van der Waals surface area contributed by atoms with Gasteiger partial charge in [-0.05, 0) is 25.1 Å². The summed E-state index contributed by atoms with van der Waals surface area (Å²) in [6, 6.07) is 7.46. The molecule has 0 saturated carbocycles. The second-order valence-electron chi connectivity index (χ2n) is 6.16. The van der Waals surface area contributed by atoms with Crippen LogP contribution in [0.5, 0.6) is 0 Å². The number of carbonyl (C=O) groups excluding carboxylic acids is 2. The number of carbonyl (C=O) groups is 2. The zero-order chi connectivity index (χ0) is 21.3. The predicted octanol–water partition coefficient (Wildman–Crippen LogP) is 1.20. The lowest BCUT2D eigenvalue weighted by molar-refractivity contribution is -0.116. The highest BCUT2D eigenvalue weighted by atomic mass is 19.1. The van der Waals surface area contributed by atoms with Gasteiger partial charge in [0.1, 0.15) is 18.2 Å².